The van der Waals surface area contributed by atoms with Gasteiger partial charge in [0.2, 0.25) is 0 Å². The third-order valence-electron chi connectivity index (χ3n) is 5.65. The lowest BCUT2D eigenvalue weighted by Gasteiger charge is -2.13. The number of aromatic nitrogens is 3. The summed E-state index contributed by atoms with van der Waals surface area (Å²) in [5.74, 6) is 1.67. The highest BCUT2D eigenvalue weighted by molar-refractivity contribution is 7.99. The summed E-state index contributed by atoms with van der Waals surface area (Å²) in [5, 5.41) is 0. The van der Waals surface area contributed by atoms with Crippen LogP contribution in [0.25, 0.3) is 0 Å². The van der Waals surface area contributed by atoms with Gasteiger partial charge in [0.1, 0.15) is 0 Å². The fourth-order valence-electron chi connectivity index (χ4n) is 3.24. The van der Waals surface area contributed by atoms with E-state index in [1.54, 1.807) is 0 Å². The topological polar surface area (TPSA) is 119 Å². The normalized spacial score (nSPS) is 11.9. The number of ether oxygens (including phenoxy) is 2. The van der Waals surface area contributed by atoms with E-state index in [0.717, 1.165) is 20.1 Å². The van der Waals surface area contributed by atoms with Gasteiger partial charge in [0.25, 0.3) is 0 Å². The van der Waals surface area contributed by atoms with Crippen LogP contribution in [0.4, 0.5) is 0 Å². The lowest BCUT2D eigenvalue weighted by atomic mass is 10.1. The molecule has 0 N–H and O–H groups in total. The number of esters is 2. The molecular weight excluding hydrogens is 538 g/mol. The molecule has 10 nitrogen and oxygen atoms in total. The van der Waals surface area contributed by atoms with E-state index in [9.17, 15) is 24.0 Å². The van der Waals surface area contributed by atoms with E-state index in [4.69, 9.17) is 9.47 Å². The monoisotopic (exact) mass is 579 g/mol. The number of thioether (sulfide) groups is 1. The molecule has 0 spiro atoms. The van der Waals surface area contributed by atoms with E-state index in [1.807, 2.05) is 13.8 Å². The summed E-state index contributed by atoms with van der Waals surface area (Å²) < 4.78 is 13.7. The van der Waals surface area contributed by atoms with Crippen molar-refractivity contribution in [2.75, 3.05) is 36.2 Å². The van der Waals surface area contributed by atoms with Crippen molar-refractivity contribution in [2.24, 2.45) is 5.92 Å². The Morgan fingerprint density at radius 1 is 0.784 bits per heavy atom. The molecule has 0 saturated heterocycles. The molecule has 0 aromatic carbocycles. The maximum absolute atomic E-state index is 12.8. The van der Waals surface area contributed by atoms with Crippen molar-refractivity contribution in [2.45, 2.75) is 78.4 Å². The summed E-state index contributed by atoms with van der Waals surface area (Å²) in [6.07, 6.45) is 3.90. The molecule has 1 aromatic heterocycles. The number of hydrogen-bond acceptors (Lipinski definition) is 10. The van der Waals surface area contributed by atoms with E-state index >= 15 is 0 Å². The van der Waals surface area contributed by atoms with E-state index < -0.39 is 17.1 Å². The number of nitrogens with zero attached hydrogens (tertiary/aromatic N) is 3. The first-order valence-electron chi connectivity index (χ1n) is 12.8. The third-order valence-corrected chi connectivity index (χ3v) is 7.35. The molecule has 0 aliphatic heterocycles. The molecule has 0 bridgehead atoms. The van der Waals surface area contributed by atoms with Crippen LogP contribution >= 0.6 is 37.0 Å². The molecule has 0 aliphatic carbocycles. The minimum atomic E-state index is -0.595. The van der Waals surface area contributed by atoms with Gasteiger partial charge in [-0.05, 0) is 55.8 Å². The zero-order valence-corrected chi connectivity index (χ0v) is 24.5. The van der Waals surface area contributed by atoms with Crippen molar-refractivity contribution < 1.29 is 19.1 Å². The van der Waals surface area contributed by atoms with Crippen molar-refractivity contribution in [3.8, 4) is 0 Å². The third kappa shape index (κ3) is 12.2. The Bertz CT molecular complexity index is 961. The van der Waals surface area contributed by atoms with E-state index in [0.29, 0.717) is 61.7 Å². The van der Waals surface area contributed by atoms with Crippen LogP contribution in [0, 0.1) is 5.92 Å². The van der Waals surface area contributed by atoms with Crippen LogP contribution in [0.5, 0.6) is 0 Å². The molecular formula is C24H41N3O7S3. The molecule has 1 atom stereocenters. The first-order valence-corrected chi connectivity index (χ1v) is 15.3. The van der Waals surface area contributed by atoms with Gasteiger partial charge in [0.05, 0.1) is 25.6 Å². The minimum Gasteiger partial charge on any atom is -0.466 e. The Morgan fingerprint density at radius 2 is 1.27 bits per heavy atom. The molecule has 1 aromatic rings. The largest absolute Gasteiger partial charge is 0.466 e. The molecule has 1 rings (SSSR count). The SMILES string of the molecule is CCC(C)C(=O)OCCCCOC(=O)CCSCCCn1c(=O)n(CCCS)c(=O)n(CCCS)c1=O. The second-order valence-electron chi connectivity index (χ2n) is 8.58. The number of rotatable bonds is 20. The van der Waals surface area contributed by atoms with Gasteiger partial charge >= 0.3 is 29.0 Å². The molecule has 37 heavy (non-hydrogen) atoms. The van der Waals surface area contributed by atoms with Crippen LogP contribution in [-0.4, -0.2) is 61.9 Å². The van der Waals surface area contributed by atoms with E-state index in [1.165, 1.54) is 11.8 Å². The summed E-state index contributed by atoms with van der Waals surface area (Å²) in [5.41, 5.74) is -1.78. The highest BCUT2D eigenvalue weighted by Gasteiger charge is 2.15. The van der Waals surface area contributed by atoms with Gasteiger partial charge in [-0.1, -0.05) is 13.8 Å². The Kier molecular flexibility index (Phi) is 17.6. The van der Waals surface area contributed by atoms with E-state index in [-0.39, 0.29) is 50.5 Å². The maximum Gasteiger partial charge on any atom is 0.336 e. The maximum atomic E-state index is 12.8. The van der Waals surface area contributed by atoms with Gasteiger partial charge in [-0.25, -0.2) is 28.1 Å². The molecule has 1 heterocycles. The standard InChI is InChI=1S/C24H41N3O7S3/c1-3-19(2)21(29)34-14-5-4-13-33-20(28)9-18-37-17-8-12-27-23(31)25(10-6-15-35)22(30)26(24(27)32)11-7-16-36/h19,35-36H,3-18H2,1-2H3. The lowest BCUT2D eigenvalue weighted by Crippen LogP contribution is -2.54. The summed E-state index contributed by atoms with van der Waals surface area (Å²) >= 11 is 9.82. The zero-order chi connectivity index (χ0) is 27.6. The fourth-order valence-corrected chi connectivity index (χ4v) is 4.37. The number of thiol groups is 2. The van der Waals surface area contributed by atoms with Gasteiger partial charge in [-0.3, -0.25) is 9.59 Å². The second kappa shape index (κ2) is 19.5. The molecule has 0 aliphatic rings. The van der Waals surface area contributed by atoms with Crippen LogP contribution in [0.2, 0.25) is 0 Å². The number of carbonyl (C=O) groups is 2. The van der Waals surface area contributed by atoms with Crippen LogP contribution in [0.15, 0.2) is 14.4 Å². The number of hydrogen-bond donors (Lipinski definition) is 2. The Balaban J connectivity index is 2.40. The average molecular weight is 580 g/mol. The predicted molar refractivity (Wildman–Crippen MR) is 153 cm³/mol. The quantitative estimate of drug-likeness (QED) is 0.137. The highest BCUT2D eigenvalue weighted by Crippen LogP contribution is 2.07. The van der Waals surface area contributed by atoms with Crippen LogP contribution < -0.4 is 17.1 Å². The molecule has 0 radical (unpaired) electrons. The molecule has 1 unspecified atom stereocenters. The van der Waals surface area contributed by atoms with E-state index in [2.05, 4.69) is 25.3 Å². The Hall–Kier alpha value is -1.60. The predicted octanol–water partition coefficient (Wildman–Crippen LogP) is 2.24. The first kappa shape index (κ1) is 33.4. The number of unbranched alkanes of at least 4 members (excludes halogenated alkanes) is 1. The summed E-state index contributed by atoms with van der Waals surface area (Å²) in [6.45, 7) is 4.99. The summed E-state index contributed by atoms with van der Waals surface area (Å²) in [6, 6.07) is 0. The van der Waals surface area contributed by atoms with Crippen LogP contribution in [0.1, 0.15) is 58.8 Å². The van der Waals surface area contributed by atoms with Gasteiger partial charge in [-0.15, -0.1) is 0 Å². The Labute approximate surface area is 233 Å². The van der Waals surface area contributed by atoms with Crippen molar-refractivity contribution >= 4 is 49.0 Å². The molecule has 0 amide bonds. The van der Waals surface area contributed by atoms with Gasteiger partial charge in [0, 0.05) is 25.4 Å². The average Bonchev–Trinajstić information content (AvgIpc) is 2.88. The van der Waals surface area contributed by atoms with Crippen molar-refractivity contribution in [1.29, 1.82) is 0 Å². The van der Waals surface area contributed by atoms with Crippen molar-refractivity contribution in [3.05, 3.63) is 31.5 Å². The van der Waals surface area contributed by atoms with Crippen LogP contribution in [0.3, 0.4) is 0 Å². The van der Waals surface area contributed by atoms with Crippen molar-refractivity contribution in [3.63, 3.8) is 0 Å². The van der Waals surface area contributed by atoms with Gasteiger partial charge < -0.3 is 9.47 Å². The smallest absolute Gasteiger partial charge is 0.336 e. The Morgan fingerprint density at radius 3 is 1.76 bits per heavy atom. The minimum absolute atomic E-state index is 0.101. The van der Waals surface area contributed by atoms with Crippen LogP contribution in [-0.2, 0) is 38.7 Å². The molecule has 0 saturated carbocycles. The second-order valence-corrected chi connectivity index (χ2v) is 10.7. The van der Waals surface area contributed by atoms with Crippen molar-refractivity contribution in [1.82, 2.24) is 13.7 Å². The summed E-state index contributed by atoms with van der Waals surface area (Å²) in [4.78, 5) is 61.6. The summed E-state index contributed by atoms with van der Waals surface area (Å²) in [7, 11) is 0. The first-order chi connectivity index (χ1) is 17.8. The zero-order valence-electron chi connectivity index (χ0n) is 21.9. The lowest BCUT2D eigenvalue weighted by molar-refractivity contribution is -0.149. The highest BCUT2D eigenvalue weighted by atomic mass is 32.2. The van der Waals surface area contributed by atoms with Gasteiger partial charge in [0.15, 0.2) is 0 Å². The molecule has 13 heteroatoms. The fraction of sp³-hybridized carbons (Fsp3) is 0.792. The number of carbonyl (C=O) groups excluding carboxylic acids is 2. The molecule has 0 fully saturated rings. The van der Waals surface area contributed by atoms with Gasteiger partial charge in [-0.2, -0.15) is 37.0 Å². The molecule has 212 valence electrons.